The van der Waals surface area contributed by atoms with Crippen LogP contribution in [0.5, 0.6) is 0 Å². The molecule has 3 aliphatic rings. The maximum atomic E-state index is 13.4. The van der Waals surface area contributed by atoms with Crippen LogP contribution in [0, 0.1) is 0 Å². The maximum absolute atomic E-state index is 13.4. The standard InChI is InChI=1S/C26H22O/c27-26-24(22-14-12-18-6-1-3-8-20(18)16-22)10-5-11-25(26)23-15-13-19-7-2-4-9-21(19)17-23/h1-4,6-9,12-15H,5,10-11,16-17H2. The Balaban J connectivity index is 1.51. The number of hydrogen-bond acceptors (Lipinski definition) is 1. The van der Waals surface area contributed by atoms with E-state index < -0.39 is 0 Å². The van der Waals surface area contributed by atoms with E-state index in [4.69, 9.17) is 0 Å². The smallest absolute Gasteiger partial charge is 0.185 e. The van der Waals surface area contributed by atoms with Gasteiger partial charge in [-0.1, -0.05) is 72.8 Å². The zero-order chi connectivity index (χ0) is 18.2. The minimum Gasteiger partial charge on any atom is -0.289 e. The summed E-state index contributed by atoms with van der Waals surface area (Å²) in [5.74, 6) is 0.277. The largest absolute Gasteiger partial charge is 0.289 e. The van der Waals surface area contributed by atoms with Gasteiger partial charge in [0.25, 0.3) is 0 Å². The van der Waals surface area contributed by atoms with Crippen LogP contribution < -0.4 is 0 Å². The van der Waals surface area contributed by atoms with Gasteiger partial charge in [0.2, 0.25) is 0 Å². The van der Waals surface area contributed by atoms with E-state index in [0.717, 1.165) is 43.3 Å². The molecule has 3 aliphatic carbocycles. The molecule has 5 rings (SSSR count). The molecule has 1 heteroatoms. The van der Waals surface area contributed by atoms with Crippen LogP contribution in [-0.4, -0.2) is 5.78 Å². The van der Waals surface area contributed by atoms with Crippen molar-refractivity contribution in [2.75, 3.05) is 0 Å². The lowest BCUT2D eigenvalue weighted by molar-refractivity contribution is -0.113. The van der Waals surface area contributed by atoms with E-state index in [2.05, 4.69) is 72.8 Å². The van der Waals surface area contributed by atoms with E-state index in [1.165, 1.54) is 33.4 Å². The van der Waals surface area contributed by atoms with Crippen molar-refractivity contribution in [2.24, 2.45) is 0 Å². The topological polar surface area (TPSA) is 17.1 Å². The Kier molecular flexibility index (Phi) is 4.01. The summed E-state index contributed by atoms with van der Waals surface area (Å²) in [6, 6.07) is 17.0. The van der Waals surface area contributed by atoms with Crippen molar-refractivity contribution in [1.29, 1.82) is 0 Å². The molecule has 1 nitrogen and oxygen atoms in total. The highest BCUT2D eigenvalue weighted by Crippen LogP contribution is 2.35. The van der Waals surface area contributed by atoms with E-state index >= 15 is 0 Å². The molecule has 0 bridgehead atoms. The molecular formula is C26H22O. The number of allylic oxidation sites excluding steroid dienone is 6. The van der Waals surface area contributed by atoms with Crippen LogP contribution in [0.3, 0.4) is 0 Å². The number of carbonyl (C=O) groups excluding carboxylic acids is 1. The molecule has 27 heavy (non-hydrogen) atoms. The molecule has 0 radical (unpaired) electrons. The molecule has 2 aromatic carbocycles. The SMILES string of the molecule is O=C1C(=C2C=Cc3ccccc3C2)CCCC1=C1C=Cc2ccccc2C1. The van der Waals surface area contributed by atoms with Gasteiger partial charge in [-0.2, -0.15) is 0 Å². The van der Waals surface area contributed by atoms with Gasteiger partial charge in [0.15, 0.2) is 5.78 Å². The number of fused-ring (bicyclic) bond motifs is 2. The monoisotopic (exact) mass is 350 g/mol. The third-order valence-corrected chi connectivity index (χ3v) is 5.98. The molecule has 0 N–H and O–H groups in total. The number of benzene rings is 2. The highest BCUT2D eigenvalue weighted by Gasteiger charge is 2.26. The van der Waals surface area contributed by atoms with Gasteiger partial charge in [-0.15, -0.1) is 0 Å². The Morgan fingerprint density at radius 1 is 0.593 bits per heavy atom. The van der Waals surface area contributed by atoms with Gasteiger partial charge in [-0.05, 0) is 65.5 Å². The second-order valence-corrected chi connectivity index (χ2v) is 7.61. The Hall–Kier alpha value is -2.93. The summed E-state index contributed by atoms with van der Waals surface area (Å²) in [6.45, 7) is 0. The van der Waals surface area contributed by atoms with Crippen LogP contribution in [0.1, 0.15) is 41.5 Å². The molecule has 0 amide bonds. The quantitative estimate of drug-likeness (QED) is 0.543. The average molecular weight is 350 g/mol. The van der Waals surface area contributed by atoms with Crippen molar-refractivity contribution in [3.63, 3.8) is 0 Å². The lowest BCUT2D eigenvalue weighted by Crippen LogP contribution is -2.18. The molecule has 2 aromatic rings. The first-order valence-corrected chi connectivity index (χ1v) is 9.80. The molecule has 0 saturated heterocycles. The molecule has 0 unspecified atom stereocenters. The lowest BCUT2D eigenvalue weighted by Gasteiger charge is -2.24. The minimum absolute atomic E-state index is 0.277. The molecule has 0 aromatic heterocycles. The van der Waals surface area contributed by atoms with Crippen molar-refractivity contribution < 1.29 is 4.79 Å². The lowest BCUT2D eigenvalue weighted by atomic mass is 9.79. The number of Topliss-reactive ketones (excluding diaryl/α,β-unsaturated/α-hetero) is 1. The van der Waals surface area contributed by atoms with Crippen molar-refractivity contribution in [2.45, 2.75) is 32.1 Å². The van der Waals surface area contributed by atoms with Crippen molar-refractivity contribution in [3.8, 4) is 0 Å². The predicted octanol–water partition coefficient (Wildman–Crippen LogP) is 5.87. The summed E-state index contributed by atoms with van der Waals surface area (Å²) in [6.07, 6.45) is 13.2. The van der Waals surface area contributed by atoms with Gasteiger partial charge in [0.1, 0.15) is 0 Å². The predicted molar refractivity (Wildman–Crippen MR) is 111 cm³/mol. The van der Waals surface area contributed by atoms with Gasteiger partial charge in [0.05, 0.1) is 0 Å². The van der Waals surface area contributed by atoms with Gasteiger partial charge < -0.3 is 0 Å². The normalized spacial score (nSPS) is 23.9. The van der Waals surface area contributed by atoms with E-state index in [1.807, 2.05) is 0 Å². The van der Waals surface area contributed by atoms with Crippen molar-refractivity contribution >= 4 is 17.9 Å². The highest BCUT2D eigenvalue weighted by molar-refractivity contribution is 6.11. The molecule has 132 valence electrons. The van der Waals surface area contributed by atoms with Crippen LogP contribution in [0.2, 0.25) is 0 Å². The van der Waals surface area contributed by atoms with E-state index in [-0.39, 0.29) is 5.78 Å². The van der Waals surface area contributed by atoms with Crippen LogP contribution in [0.25, 0.3) is 12.2 Å². The number of hydrogen-bond donors (Lipinski definition) is 0. The fourth-order valence-electron chi connectivity index (χ4n) is 4.50. The summed E-state index contributed by atoms with van der Waals surface area (Å²) in [5.41, 5.74) is 9.66. The fourth-order valence-corrected chi connectivity index (χ4v) is 4.50. The summed E-state index contributed by atoms with van der Waals surface area (Å²) >= 11 is 0. The summed E-state index contributed by atoms with van der Waals surface area (Å²) in [5, 5.41) is 0. The maximum Gasteiger partial charge on any atom is 0.185 e. The zero-order valence-corrected chi connectivity index (χ0v) is 15.4. The van der Waals surface area contributed by atoms with Gasteiger partial charge in [0, 0.05) is 11.1 Å². The van der Waals surface area contributed by atoms with Crippen LogP contribution >= 0.6 is 0 Å². The molecule has 0 heterocycles. The highest BCUT2D eigenvalue weighted by atomic mass is 16.1. The van der Waals surface area contributed by atoms with E-state index in [0.29, 0.717) is 0 Å². The number of rotatable bonds is 0. The van der Waals surface area contributed by atoms with Crippen LogP contribution in [-0.2, 0) is 17.6 Å². The first-order valence-electron chi connectivity index (χ1n) is 9.80. The van der Waals surface area contributed by atoms with Crippen LogP contribution in [0.4, 0.5) is 0 Å². The number of ketones is 1. The molecular weight excluding hydrogens is 328 g/mol. The second-order valence-electron chi connectivity index (χ2n) is 7.61. The fraction of sp³-hybridized carbons (Fsp3) is 0.192. The van der Waals surface area contributed by atoms with Gasteiger partial charge >= 0.3 is 0 Å². The Morgan fingerprint density at radius 3 is 1.59 bits per heavy atom. The third-order valence-electron chi connectivity index (χ3n) is 5.98. The molecule has 1 saturated carbocycles. The average Bonchev–Trinajstić information content (AvgIpc) is 2.73. The second kappa shape index (κ2) is 6.66. The molecule has 0 aliphatic heterocycles. The summed E-state index contributed by atoms with van der Waals surface area (Å²) < 4.78 is 0. The Bertz CT molecular complexity index is 976. The Labute approximate surface area is 160 Å². The minimum atomic E-state index is 0.277. The first-order chi connectivity index (χ1) is 13.3. The summed E-state index contributed by atoms with van der Waals surface area (Å²) in [4.78, 5) is 13.4. The number of carbonyl (C=O) groups is 1. The first kappa shape index (κ1) is 16.3. The van der Waals surface area contributed by atoms with Gasteiger partial charge in [-0.3, -0.25) is 4.79 Å². The Morgan fingerprint density at radius 2 is 1.07 bits per heavy atom. The van der Waals surface area contributed by atoms with Crippen LogP contribution in [0.15, 0.2) is 83.0 Å². The van der Waals surface area contributed by atoms with Crippen molar-refractivity contribution in [1.82, 2.24) is 0 Å². The molecule has 0 spiro atoms. The zero-order valence-electron chi connectivity index (χ0n) is 15.4. The third kappa shape index (κ3) is 2.94. The van der Waals surface area contributed by atoms with E-state index in [9.17, 15) is 4.79 Å². The van der Waals surface area contributed by atoms with E-state index in [1.54, 1.807) is 0 Å². The molecule has 1 fully saturated rings. The van der Waals surface area contributed by atoms with Gasteiger partial charge in [-0.25, -0.2) is 0 Å². The molecule has 0 atom stereocenters. The summed E-state index contributed by atoms with van der Waals surface area (Å²) in [7, 11) is 0. The van der Waals surface area contributed by atoms with Crippen molar-refractivity contribution in [3.05, 3.63) is 105 Å².